The Labute approximate surface area is 165 Å². The number of hydrogen-bond acceptors (Lipinski definition) is 7. The highest BCUT2D eigenvalue weighted by Crippen LogP contribution is 2.39. The summed E-state index contributed by atoms with van der Waals surface area (Å²) < 4.78 is 21.8. The predicted octanol–water partition coefficient (Wildman–Crippen LogP) is 2.38. The summed E-state index contributed by atoms with van der Waals surface area (Å²) in [5.41, 5.74) is 1.36. The van der Waals surface area contributed by atoms with Crippen LogP contribution in [0.25, 0.3) is 0 Å². The third-order valence-electron chi connectivity index (χ3n) is 3.93. The Morgan fingerprint density at radius 2 is 1.82 bits per heavy atom. The van der Waals surface area contributed by atoms with Gasteiger partial charge in [-0.2, -0.15) is 0 Å². The molecular weight excluding hydrogens is 364 g/mol. The zero-order valence-corrected chi connectivity index (χ0v) is 16.7. The highest BCUT2D eigenvalue weighted by atomic mass is 16.5. The number of benzene rings is 1. The molecule has 1 aromatic rings. The van der Waals surface area contributed by atoms with E-state index in [0.29, 0.717) is 43.6 Å². The molecule has 0 aromatic heterocycles. The van der Waals surface area contributed by atoms with Gasteiger partial charge in [0, 0.05) is 31.3 Å². The van der Waals surface area contributed by atoms with Crippen molar-refractivity contribution in [1.82, 2.24) is 0 Å². The van der Waals surface area contributed by atoms with Gasteiger partial charge in [-0.15, -0.1) is 0 Å². The van der Waals surface area contributed by atoms with Crippen molar-refractivity contribution in [1.29, 1.82) is 0 Å². The van der Waals surface area contributed by atoms with Gasteiger partial charge in [-0.25, -0.2) is 4.79 Å². The molecule has 2 rings (SSSR count). The molecule has 0 bridgehead atoms. The molecule has 8 nitrogen and oxygen atoms in total. The maximum atomic E-state index is 12.2. The first-order chi connectivity index (χ1) is 13.6. The quantitative estimate of drug-likeness (QED) is 0.510. The number of morpholine rings is 1. The first kappa shape index (κ1) is 21.6. The molecule has 0 saturated carbocycles. The lowest BCUT2D eigenvalue weighted by molar-refractivity contribution is -0.142. The minimum Gasteiger partial charge on any atom is -0.492 e. The third kappa shape index (κ3) is 6.16. The van der Waals surface area contributed by atoms with Crippen molar-refractivity contribution in [3.8, 4) is 11.5 Å². The Kier molecular flexibility index (Phi) is 8.61. The monoisotopic (exact) mass is 392 g/mol. The first-order valence-corrected chi connectivity index (χ1v) is 9.44. The Balaban J connectivity index is 2.22. The lowest BCUT2D eigenvalue weighted by Crippen LogP contribution is -2.36. The second-order valence-electron chi connectivity index (χ2n) is 5.94. The van der Waals surface area contributed by atoms with Gasteiger partial charge in [0.25, 0.3) is 5.91 Å². The predicted molar refractivity (Wildman–Crippen MR) is 106 cm³/mol. The van der Waals surface area contributed by atoms with Gasteiger partial charge in [-0.1, -0.05) is 6.08 Å². The number of rotatable bonds is 9. The first-order valence-electron chi connectivity index (χ1n) is 9.44. The van der Waals surface area contributed by atoms with Crippen molar-refractivity contribution in [2.75, 3.05) is 56.3 Å². The second-order valence-corrected chi connectivity index (χ2v) is 5.94. The second kappa shape index (κ2) is 11.2. The molecule has 0 aliphatic carbocycles. The normalized spacial score (nSPS) is 14.0. The van der Waals surface area contributed by atoms with Crippen LogP contribution in [0.2, 0.25) is 0 Å². The number of carbonyl (C=O) groups is 2. The summed E-state index contributed by atoms with van der Waals surface area (Å²) in [4.78, 5) is 25.7. The van der Waals surface area contributed by atoms with Crippen LogP contribution in [0.3, 0.4) is 0 Å². The number of hydrogen-bond donors (Lipinski definition) is 1. The van der Waals surface area contributed by atoms with Crippen LogP contribution in [0.4, 0.5) is 11.4 Å². The Bertz CT molecular complexity index is 698. The van der Waals surface area contributed by atoms with Crippen LogP contribution in [-0.2, 0) is 19.1 Å². The van der Waals surface area contributed by atoms with E-state index >= 15 is 0 Å². The van der Waals surface area contributed by atoms with Gasteiger partial charge in [0.2, 0.25) is 0 Å². The highest BCUT2D eigenvalue weighted by molar-refractivity contribution is 5.95. The topological polar surface area (TPSA) is 86.3 Å². The molecule has 0 radical (unpaired) electrons. The Hall–Kier alpha value is -2.74. The van der Waals surface area contributed by atoms with Crippen LogP contribution < -0.4 is 19.7 Å². The largest absolute Gasteiger partial charge is 0.492 e. The lowest BCUT2D eigenvalue weighted by atomic mass is 10.2. The SMILES string of the molecule is C/C=C/C(=O)OCC(=O)Nc1cc(OCC)c(N2CCOCC2)cc1OCC. The number of nitrogens with zero attached hydrogens (tertiary/aromatic N) is 1. The van der Waals surface area contributed by atoms with E-state index in [1.54, 1.807) is 19.1 Å². The van der Waals surface area contributed by atoms with Crippen LogP contribution in [0, 0.1) is 0 Å². The standard InChI is InChI=1S/C20H28N2O6/c1-4-7-20(24)28-14-19(23)21-15-12-18(27-6-3)16(13-17(15)26-5-2)22-8-10-25-11-9-22/h4,7,12-13H,5-6,8-11,14H2,1-3H3,(H,21,23)/b7-4+. The molecule has 1 N–H and O–H groups in total. The van der Waals surface area contributed by atoms with Gasteiger partial charge in [-0.3, -0.25) is 4.79 Å². The van der Waals surface area contributed by atoms with Crippen LogP contribution in [0.1, 0.15) is 20.8 Å². The number of carbonyl (C=O) groups excluding carboxylic acids is 2. The third-order valence-corrected chi connectivity index (χ3v) is 3.93. The summed E-state index contributed by atoms with van der Waals surface area (Å²) >= 11 is 0. The maximum absolute atomic E-state index is 12.2. The number of ether oxygens (including phenoxy) is 4. The lowest BCUT2D eigenvalue weighted by Gasteiger charge is -2.31. The summed E-state index contributed by atoms with van der Waals surface area (Å²) in [6.07, 6.45) is 2.80. The average molecular weight is 392 g/mol. The molecule has 1 aliphatic heterocycles. The summed E-state index contributed by atoms with van der Waals surface area (Å²) in [6.45, 7) is 8.79. The van der Waals surface area contributed by atoms with E-state index < -0.39 is 11.9 Å². The van der Waals surface area contributed by atoms with E-state index in [1.807, 2.05) is 19.9 Å². The minimum atomic E-state index is -0.569. The smallest absolute Gasteiger partial charge is 0.330 e. The van der Waals surface area contributed by atoms with E-state index in [-0.39, 0.29) is 6.61 Å². The molecular formula is C20H28N2O6. The van der Waals surface area contributed by atoms with Crippen molar-refractivity contribution < 1.29 is 28.5 Å². The van der Waals surface area contributed by atoms with Crippen molar-refractivity contribution in [2.24, 2.45) is 0 Å². The van der Waals surface area contributed by atoms with E-state index in [0.717, 1.165) is 18.8 Å². The van der Waals surface area contributed by atoms with Gasteiger partial charge >= 0.3 is 5.97 Å². The maximum Gasteiger partial charge on any atom is 0.330 e. The summed E-state index contributed by atoms with van der Waals surface area (Å²) in [7, 11) is 0. The molecule has 0 atom stereocenters. The summed E-state index contributed by atoms with van der Waals surface area (Å²) in [5.74, 6) is 0.148. The zero-order valence-electron chi connectivity index (χ0n) is 16.7. The van der Waals surface area contributed by atoms with Crippen molar-refractivity contribution in [2.45, 2.75) is 20.8 Å². The molecule has 1 heterocycles. The fourth-order valence-electron chi connectivity index (χ4n) is 2.75. The number of anilines is 2. The molecule has 154 valence electrons. The number of amides is 1. The van der Waals surface area contributed by atoms with Gasteiger partial charge in [0.1, 0.15) is 11.5 Å². The number of nitrogens with one attached hydrogen (secondary N) is 1. The average Bonchev–Trinajstić information content (AvgIpc) is 2.69. The van der Waals surface area contributed by atoms with E-state index in [1.165, 1.54) is 6.08 Å². The molecule has 1 aromatic carbocycles. The van der Waals surface area contributed by atoms with Crippen molar-refractivity contribution in [3.05, 3.63) is 24.3 Å². The minimum absolute atomic E-state index is 0.385. The fourth-order valence-corrected chi connectivity index (χ4v) is 2.75. The molecule has 0 unspecified atom stereocenters. The van der Waals surface area contributed by atoms with Crippen molar-refractivity contribution >= 4 is 23.3 Å². The summed E-state index contributed by atoms with van der Waals surface area (Å²) in [5, 5.41) is 2.73. The molecule has 1 saturated heterocycles. The van der Waals surface area contributed by atoms with Gasteiger partial charge in [-0.05, 0) is 20.8 Å². The molecule has 0 spiro atoms. The summed E-state index contributed by atoms with van der Waals surface area (Å²) in [6, 6.07) is 3.60. The molecule has 8 heteroatoms. The molecule has 28 heavy (non-hydrogen) atoms. The van der Waals surface area contributed by atoms with Gasteiger partial charge in [0.05, 0.1) is 37.8 Å². The highest BCUT2D eigenvalue weighted by Gasteiger charge is 2.20. The van der Waals surface area contributed by atoms with E-state index in [9.17, 15) is 9.59 Å². The van der Waals surface area contributed by atoms with Crippen LogP contribution in [0.5, 0.6) is 11.5 Å². The van der Waals surface area contributed by atoms with E-state index in [2.05, 4.69) is 10.2 Å². The number of esters is 1. The van der Waals surface area contributed by atoms with E-state index in [4.69, 9.17) is 18.9 Å². The molecule has 1 amide bonds. The van der Waals surface area contributed by atoms with Crippen LogP contribution in [-0.4, -0.2) is 58.0 Å². The molecule has 1 aliphatic rings. The van der Waals surface area contributed by atoms with Crippen molar-refractivity contribution in [3.63, 3.8) is 0 Å². The van der Waals surface area contributed by atoms with Crippen LogP contribution in [0.15, 0.2) is 24.3 Å². The van der Waals surface area contributed by atoms with Gasteiger partial charge in [0.15, 0.2) is 6.61 Å². The number of allylic oxidation sites excluding steroid dienone is 1. The zero-order chi connectivity index (χ0) is 20.4. The van der Waals surface area contributed by atoms with Crippen LogP contribution >= 0.6 is 0 Å². The Morgan fingerprint density at radius 1 is 1.14 bits per heavy atom. The fraction of sp³-hybridized carbons (Fsp3) is 0.500. The molecule has 1 fully saturated rings. The Morgan fingerprint density at radius 3 is 2.46 bits per heavy atom. The van der Waals surface area contributed by atoms with Gasteiger partial charge < -0.3 is 29.2 Å².